The first-order valence-electron chi connectivity index (χ1n) is 3.97. The monoisotopic (exact) mass is 249 g/mol. The Kier molecular flexibility index (Phi) is 1.51. The van der Waals surface area contributed by atoms with Gasteiger partial charge >= 0.3 is 0 Å². The highest BCUT2D eigenvalue weighted by Crippen LogP contribution is 2.17. The number of hydrogen-bond donors (Lipinski definition) is 0. The smallest absolute Gasteiger partial charge is 0.198 e. The highest BCUT2D eigenvalue weighted by Gasteiger charge is 2.03. The molecule has 14 heavy (non-hydrogen) atoms. The van der Waals surface area contributed by atoms with Crippen molar-refractivity contribution in [2.75, 3.05) is 0 Å². The quantitative estimate of drug-likeness (QED) is 0.605. The number of aromatic nitrogens is 5. The highest BCUT2D eigenvalue weighted by atomic mass is 79.9. The molecule has 0 unspecified atom stereocenters. The van der Waals surface area contributed by atoms with Crippen LogP contribution in [0.1, 0.15) is 0 Å². The average molecular weight is 250 g/mol. The van der Waals surface area contributed by atoms with Gasteiger partial charge in [0.25, 0.3) is 0 Å². The molecule has 0 N–H and O–H groups in total. The van der Waals surface area contributed by atoms with Gasteiger partial charge in [-0.3, -0.25) is 4.98 Å². The second-order valence-electron chi connectivity index (χ2n) is 2.84. The third-order valence-corrected chi connectivity index (χ3v) is 2.47. The van der Waals surface area contributed by atoms with Crippen LogP contribution in [0.4, 0.5) is 0 Å². The Morgan fingerprint density at radius 3 is 3.14 bits per heavy atom. The summed E-state index contributed by atoms with van der Waals surface area (Å²) in [5.74, 6) is 0. The van der Waals surface area contributed by atoms with Gasteiger partial charge in [-0.15, -0.1) is 5.10 Å². The van der Waals surface area contributed by atoms with E-state index in [9.17, 15) is 0 Å². The lowest BCUT2D eigenvalue weighted by Crippen LogP contribution is -1.92. The van der Waals surface area contributed by atoms with Crippen molar-refractivity contribution in [3.05, 3.63) is 28.9 Å². The van der Waals surface area contributed by atoms with Gasteiger partial charge in [-0.05, 0) is 28.6 Å². The average Bonchev–Trinajstić information content (AvgIpc) is 2.65. The van der Waals surface area contributed by atoms with E-state index >= 15 is 0 Å². The maximum Gasteiger partial charge on any atom is 0.198 e. The number of rotatable bonds is 0. The van der Waals surface area contributed by atoms with Crippen LogP contribution in [0.2, 0.25) is 0 Å². The van der Waals surface area contributed by atoms with Crippen molar-refractivity contribution in [1.82, 2.24) is 25.0 Å². The van der Waals surface area contributed by atoms with Crippen LogP contribution in [-0.4, -0.2) is 25.0 Å². The molecule has 0 aliphatic carbocycles. The highest BCUT2D eigenvalue weighted by molar-refractivity contribution is 9.10. The fourth-order valence-electron chi connectivity index (χ4n) is 1.35. The molecule has 3 rings (SSSR count). The predicted molar refractivity (Wildman–Crippen MR) is 53.8 cm³/mol. The molecule has 0 aliphatic rings. The molecule has 0 bridgehead atoms. The van der Waals surface area contributed by atoms with Crippen molar-refractivity contribution in [2.24, 2.45) is 0 Å². The van der Waals surface area contributed by atoms with Gasteiger partial charge in [0.2, 0.25) is 0 Å². The van der Waals surface area contributed by atoms with E-state index in [1.165, 1.54) is 0 Å². The van der Waals surface area contributed by atoms with Crippen molar-refractivity contribution in [3.8, 4) is 0 Å². The van der Waals surface area contributed by atoms with Crippen molar-refractivity contribution < 1.29 is 0 Å². The van der Waals surface area contributed by atoms with Crippen LogP contribution >= 0.6 is 15.9 Å². The summed E-state index contributed by atoms with van der Waals surface area (Å²) in [5.41, 5.74) is 2.41. The summed E-state index contributed by atoms with van der Waals surface area (Å²) in [7, 11) is 0. The third-order valence-electron chi connectivity index (χ3n) is 1.98. The van der Waals surface area contributed by atoms with Crippen LogP contribution < -0.4 is 0 Å². The molecule has 0 saturated carbocycles. The lowest BCUT2D eigenvalue weighted by molar-refractivity contribution is 0.840. The molecule has 5 nitrogen and oxygen atoms in total. The van der Waals surface area contributed by atoms with Gasteiger partial charge < -0.3 is 0 Å². The minimum Gasteiger partial charge on any atom is -0.251 e. The Balaban J connectivity index is 2.60. The number of benzene rings is 1. The van der Waals surface area contributed by atoms with E-state index in [0.29, 0.717) is 5.65 Å². The van der Waals surface area contributed by atoms with Gasteiger partial charge in [0.15, 0.2) is 5.65 Å². The zero-order chi connectivity index (χ0) is 9.54. The topological polar surface area (TPSA) is 56.0 Å². The van der Waals surface area contributed by atoms with E-state index in [-0.39, 0.29) is 0 Å². The molecule has 2 heterocycles. The van der Waals surface area contributed by atoms with Crippen molar-refractivity contribution in [2.45, 2.75) is 0 Å². The first kappa shape index (κ1) is 7.81. The molecular formula is C8H4BrN5. The van der Waals surface area contributed by atoms with E-state index in [1.54, 1.807) is 10.7 Å². The molecule has 0 amide bonds. The van der Waals surface area contributed by atoms with Gasteiger partial charge in [-0.1, -0.05) is 15.9 Å². The number of hydrogen-bond acceptors (Lipinski definition) is 4. The summed E-state index contributed by atoms with van der Waals surface area (Å²) < 4.78 is 2.64. The third kappa shape index (κ3) is 1.00. The molecule has 2 aromatic heterocycles. The van der Waals surface area contributed by atoms with Crippen LogP contribution in [0.25, 0.3) is 16.7 Å². The SMILES string of the molecule is Brc1ccc2ncc3nnnn3c2c1. The molecule has 1 aromatic carbocycles. The Hall–Kier alpha value is -1.56. The molecule has 6 heteroatoms. The molecular weight excluding hydrogens is 246 g/mol. The molecule has 0 spiro atoms. The Bertz CT molecular complexity index is 617. The van der Waals surface area contributed by atoms with Crippen LogP contribution in [0.5, 0.6) is 0 Å². The number of fused-ring (bicyclic) bond motifs is 3. The number of tetrazole rings is 1. The molecule has 3 aromatic rings. The molecule has 0 saturated heterocycles. The van der Waals surface area contributed by atoms with E-state index in [2.05, 4.69) is 36.4 Å². The molecule has 0 fully saturated rings. The van der Waals surface area contributed by atoms with Crippen LogP contribution in [0.3, 0.4) is 0 Å². The van der Waals surface area contributed by atoms with Gasteiger partial charge in [0.1, 0.15) is 0 Å². The standard InChI is InChI=1S/C8H4BrN5/c9-5-1-2-6-7(3-5)14-8(4-10-6)11-12-13-14/h1-4H. The van der Waals surface area contributed by atoms with Gasteiger partial charge in [-0.2, -0.15) is 4.52 Å². The normalized spacial score (nSPS) is 11.2. The lowest BCUT2D eigenvalue weighted by atomic mass is 10.3. The van der Waals surface area contributed by atoms with Gasteiger partial charge in [0.05, 0.1) is 17.2 Å². The van der Waals surface area contributed by atoms with Gasteiger partial charge in [-0.25, -0.2) is 0 Å². The Labute approximate surface area is 86.9 Å². The fourth-order valence-corrected chi connectivity index (χ4v) is 1.70. The van der Waals surface area contributed by atoms with Gasteiger partial charge in [0, 0.05) is 4.47 Å². The van der Waals surface area contributed by atoms with E-state index in [0.717, 1.165) is 15.5 Å². The van der Waals surface area contributed by atoms with Crippen molar-refractivity contribution in [3.63, 3.8) is 0 Å². The summed E-state index contributed by atoms with van der Waals surface area (Å²) in [4.78, 5) is 4.24. The minimum absolute atomic E-state index is 0.649. The van der Waals surface area contributed by atoms with Crippen LogP contribution in [-0.2, 0) is 0 Å². The molecule has 68 valence electrons. The van der Waals surface area contributed by atoms with Crippen molar-refractivity contribution in [1.29, 1.82) is 0 Å². The van der Waals surface area contributed by atoms with Crippen LogP contribution in [0.15, 0.2) is 28.9 Å². The summed E-state index contributed by atoms with van der Waals surface area (Å²) in [6.45, 7) is 0. The van der Waals surface area contributed by atoms with E-state index in [4.69, 9.17) is 0 Å². The second kappa shape index (κ2) is 2.71. The van der Waals surface area contributed by atoms with E-state index < -0.39 is 0 Å². The molecule has 0 radical (unpaired) electrons. The van der Waals surface area contributed by atoms with Crippen LogP contribution in [0, 0.1) is 0 Å². The lowest BCUT2D eigenvalue weighted by Gasteiger charge is -1.98. The molecule has 0 atom stereocenters. The fraction of sp³-hybridized carbons (Fsp3) is 0. The van der Waals surface area contributed by atoms with Crippen molar-refractivity contribution >= 4 is 32.6 Å². The van der Waals surface area contributed by atoms with E-state index in [1.807, 2.05) is 18.2 Å². The zero-order valence-corrected chi connectivity index (χ0v) is 8.51. The summed E-state index contributed by atoms with van der Waals surface area (Å²) >= 11 is 3.40. The summed E-state index contributed by atoms with van der Waals surface area (Å²) in [6, 6.07) is 5.79. The zero-order valence-electron chi connectivity index (χ0n) is 6.92. The Morgan fingerprint density at radius 1 is 1.29 bits per heavy atom. The largest absolute Gasteiger partial charge is 0.251 e. The maximum absolute atomic E-state index is 4.24. The minimum atomic E-state index is 0.649. The number of halogens is 1. The summed E-state index contributed by atoms with van der Waals surface area (Å²) in [5, 5.41) is 11.3. The predicted octanol–water partition coefficient (Wildman–Crippen LogP) is 1.43. The number of nitrogens with zero attached hydrogens (tertiary/aromatic N) is 5. The first-order valence-corrected chi connectivity index (χ1v) is 4.76. The first-order chi connectivity index (χ1) is 6.84. The second-order valence-corrected chi connectivity index (χ2v) is 3.76. The maximum atomic E-state index is 4.24. The summed E-state index contributed by atoms with van der Waals surface area (Å²) in [6.07, 6.45) is 1.65. The molecule has 0 aliphatic heterocycles. The Morgan fingerprint density at radius 2 is 2.21 bits per heavy atom.